The first-order chi connectivity index (χ1) is 7.19. The van der Waals surface area contributed by atoms with Crippen molar-refractivity contribution in [2.45, 2.75) is 4.90 Å². The monoisotopic (exact) mass is 290 g/mol. The van der Waals surface area contributed by atoms with Crippen molar-refractivity contribution in [2.24, 2.45) is 10.9 Å². The Kier molecular flexibility index (Phi) is 4.93. The number of halogens is 1. The van der Waals surface area contributed by atoms with Gasteiger partial charge >= 0.3 is 0 Å². The second-order valence-corrected chi connectivity index (χ2v) is 4.69. The molecule has 15 heavy (non-hydrogen) atoms. The summed E-state index contributed by atoms with van der Waals surface area (Å²) in [6.07, 6.45) is 0. The number of nitrogens with two attached hydrogens (primary N) is 1. The molecule has 0 fully saturated rings. The third-order valence-corrected chi connectivity index (χ3v) is 3.66. The lowest BCUT2D eigenvalue weighted by Gasteiger charge is -2.05. The van der Waals surface area contributed by atoms with E-state index in [9.17, 15) is 0 Å². The highest BCUT2D eigenvalue weighted by Gasteiger charge is 2.04. The number of hydrogen-bond acceptors (Lipinski definition) is 4. The topological polar surface area (TPSA) is 78.8 Å². The zero-order chi connectivity index (χ0) is 11.3. The maximum atomic E-state index is 8.69. The highest BCUT2D eigenvalue weighted by atomic mass is 79.9. The Bertz CT molecular complexity index is 371. The van der Waals surface area contributed by atoms with Crippen LogP contribution in [0.1, 0.15) is 5.56 Å². The largest absolute Gasteiger partial charge is 0.409 e. The number of aliphatic hydroxyl groups excluding tert-OH is 1. The summed E-state index contributed by atoms with van der Waals surface area (Å²) in [5.41, 5.74) is 6.10. The molecule has 0 aliphatic rings. The zero-order valence-electron chi connectivity index (χ0n) is 7.85. The fourth-order valence-corrected chi connectivity index (χ4v) is 2.39. The molecule has 0 bridgehead atoms. The highest BCUT2D eigenvalue weighted by Crippen LogP contribution is 2.28. The van der Waals surface area contributed by atoms with Crippen LogP contribution in [0.2, 0.25) is 0 Å². The first-order valence-corrected chi connectivity index (χ1v) is 5.98. The second kappa shape index (κ2) is 5.99. The van der Waals surface area contributed by atoms with Crippen molar-refractivity contribution in [3.8, 4) is 0 Å². The standard InChI is InChI=1S/C9H11BrN2O2S/c10-7-5-6(9(11)12-14)1-2-8(7)15-4-3-13/h1-2,5,13-14H,3-4H2,(H2,11,12). The summed E-state index contributed by atoms with van der Waals surface area (Å²) >= 11 is 4.92. The van der Waals surface area contributed by atoms with Crippen LogP contribution in [0.25, 0.3) is 0 Å². The van der Waals surface area contributed by atoms with E-state index in [4.69, 9.17) is 16.0 Å². The van der Waals surface area contributed by atoms with Crippen LogP contribution in [0.4, 0.5) is 0 Å². The molecule has 0 aromatic heterocycles. The van der Waals surface area contributed by atoms with Crippen LogP contribution in [0.15, 0.2) is 32.7 Å². The molecule has 4 N–H and O–H groups in total. The van der Waals surface area contributed by atoms with Gasteiger partial charge in [0.05, 0.1) is 6.61 Å². The van der Waals surface area contributed by atoms with Gasteiger partial charge in [-0.1, -0.05) is 5.16 Å². The first kappa shape index (κ1) is 12.4. The van der Waals surface area contributed by atoms with E-state index >= 15 is 0 Å². The van der Waals surface area contributed by atoms with Gasteiger partial charge < -0.3 is 16.0 Å². The van der Waals surface area contributed by atoms with Crippen LogP contribution in [0.3, 0.4) is 0 Å². The molecule has 0 heterocycles. The fraction of sp³-hybridized carbons (Fsp3) is 0.222. The summed E-state index contributed by atoms with van der Waals surface area (Å²) in [6.45, 7) is 0.138. The van der Waals surface area contributed by atoms with E-state index in [0.29, 0.717) is 11.3 Å². The normalized spacial score (nSPS) is 11.7. The number of oxime groups is 1. The van der Waals surface area contributed by atoms with E-state index in [0.717, 1.165) is 9.37 Å². The number of aliphatic hydroxyl groups is 1. The molecule has 0 saturated carbocycles. The Morgan fingerprint density at radius 2 is 2.27 bits per heavy atom. The van der Waals surface area contributed by atoms with Crippen molar-refractivity contribution >= 4 is 33.5 Å². The quantitative estimate of drug-likeness (QED) is 0.259. The van der Waals surface area contributed by atoms with Crippen LogP contribution >= 0.6 is 27.7 Å². The summed E-state index contributed by atoms with van der Waals surface area (Å²) < 4.78 is 0.866. The van der Waals surface area contributed by atoms with E-state index in [1.165, 1.54) is 11.8 Å². The molecule has 0 saturated heterocycles. The average Bonchev–Trinajstić information content (AvgIpc) is 2.26. The van der Waals surface area contributed by atoms with Crippen LogP contribution in [0, 0.1) is 0 Å². The summed E-state index contributed by atoms with van der Waals surface area (Å²) in [4.78, 5) is 1.01. The van der Waals surface area contributed by atoms with Gasteiger partial charge in [-0.2, -0.15) is 0 Å². The number of thioether (sulfide) groups is 1. The van der Waals surface area contributed by atoms with Crippen molar-refractivity contribution in [1.29, 1.82) is 0 Å². The number of benzene rings is 1. The van der Waals surface area contributed by atoms with Crippen molar-refractivity contribution < 1.29 is 10.3 Å². The van der Waals surface area contributed by atoms with Gasteiger partial charge in [-0.25, -0.2) is 0 Å². The Balaban J connectivity index is 2.88. The van der Waals surface area contributed by atoms with Gasteiger partial charge in [0.1, 0.15) is 0 Å². The van der Waals surface area contributed by atoms with Crippen molar-refractivity contribution in [3.63, 3.8) is 0 Å². The van der Waals surface area contributed by atoms with Crippen LogP contribution in [0.5, 0.6) is 0 Å². The lowest BCUT2D eigenvalue weighted by Crippen LogP contribution is -2.12. The summed E-state index contributed by atoms with van der Waals surface area (Å²) in [5, 5.41) is 20.1. The van der Waals surface area contributed by atoms with Crippen LogP contribution in [-0.2, 0) is 0 Å². The maximum absolute atomic E-state index is 8.69. The van der Waals surface area contributed by atoms with Crippen molar-refractivity contribution in [2.75, 3.05) is 12.4 Å². The molecule has 0 amide bonds. The molecule has 0 unspecified atom stereocenters. The Labute approximate surface area is 100 Å². The highest BCUT2D eigenvalue weighted by molar-refractivity contribution is 9.10. The molecule has 0 radical (unpaired) electrons. The van der Waals surface area contributed by atoms with E-state index < -0.39 is 0 Å². The summed E-state index contributed by atoms with van der Waals surface area (Å²) in [6, 6.07) is 5.39. The molecule has 82 valence electrons. The van der Waals surface area contributed by atoms with Gasteiger partial charge in [0.2, 0.25) is 0 Å². The lowest BCUT2D eigenvalue weighted by atomic mass is 10.2. The van der Waals surface area contributed by atoms with E-state index in [1.807, 2.05) is 6.07 Å². The van der Waals surface area contributed by atoms with E-state index in [-0.39, 0.29) is 12.4 Å². The molecule has 1 rings (SSSR count). The zero-order valence-corrected chi connectivity index (χ0v) is 10.3. The number of nitrogens with zero attached hydrogens (tertiary/aromatic N) is 1. The maximum Gasteiger partial charge on any atom is 0.170 e. The molecule has 1 aromatic rings. The molecule has 1 aromatic carbocycles. The fourth-order valence-electron chi connectivity index (χ4n) is 0.991. The van der Waals surface area contributed by atoms with Gasteiger partial charge in [-0.05, 0) is 34.1 Å². The molecule has 0 aliphatic carbocycles. The third kappa shape index (κ3) is 3.40. The molecule has 0 atom stereocenters. The van der Waals surface area contributed by atoms with Gasteiger partial charge in [0.25, 0.3) is 0 Å². The minimum absolute atomic E-state index is 0.0782. The first-order valence-electron chi connectivity index (χ1n) is 4.20. The minimum atomic E-state index is 0.0782. The van der Waals surface area contributed by atoms with Crippen LogP contribution < -0.4 is 5.73 Å². The molecule has 6 heteroatoms. The smallest absolute Gasteiger partial charge is 0.170 e. The van der Waals surface area contributed by atoms with Gasteiger partial charge in [0, 0.05) is 20.7 Å². The number of rotatable bonds is 4. The van der Waals surface area contributed by atoms with E-state index in [2.05, 4.69) is 21.1 Å². The Morgan fingerprint density at radius 3 is 2.80 bits per heavy atom. The minimum Gasteiger partial charge on any atom is -0.409 e. The van der Waals surface area contributed by atoms with Gasteiger partial charge in [0.15, 0.2) is 5.84 Å². The molecule has 4 nitrogen and oxygen atoms in total. The second-order valence-electron chi connectivity index (χ2n) is 2.70. The Hall–Kier alpha value is -0.720. The molecule has 0 aliphatic heterocycles. The summed E-state index contributed by atoms with van der Waals surface area (Å²) in [5.74, 6) is 0.719. The predicted molar refractivity (Wildman–Crippen MR) is 64.5 cm³/mol. The molecular formula is C9H11BrN2O2S. The van der Waals surface area contributed by atoms with Gasteiger partial charge in [-0.15, -0.1) is 11.8 Å². The summed E-state index contributed by atoms with van der Waals surface area (Å²) in [7, 11) is 0. The van der Waals surface area contributed by atoms with Crippen LogP contribution in [-0.4, -0.2) is 28.5 Å². The number of hydrogen-bond donors (Lipinski definition) is 3. The third-order valence-electron chi connectivity index (χ3n) is 1.68. The predicted octanol–water partition coefficient (Wildman–Crippen LogP) is 1.63. The van der Waals surface area contributed by atoms with Gasteiger partial charge in [-0.3, -0.25) is 0 Å². The van der Waals surface area contributed by atoms with Crippen molar-refractivity contribution in [3.05, 3.63) is 28.2 Å². The molecular weight excluding hydrogens is 280 g/mol. The SMILES string of the molecule is N/C(=N/O)c1ccc(SCCO)c(Br)c1. The Morgan fingerprint density at radius 1 is 1.53 bits per heavy atom. The molecule has 0 spiro atoms. The number of amidine groups is 1. The van der Waals surface area contributed by atoms with Crippen molar-refractivity contribution in [1.82, 2.24) is 0 Å². The van der Waals surface area contributed by atoms with E-state index in [1.54, 1.807) is 12.1 Å². The lowest BCUT2D eigenvalue weighted by molar-refractivity contribution is 0.318. The average molecular weight is 291 g/mol.